The summed E-state index contributed by atoms with van der Waals surface area (Å²) in [6.07, 6.45) is 1.30. The first-order valence-electron chi connectivity index (χ1n) is 4.75. The third-order valence-corrected chi connectivity index (χ3v) is 2.94. The van der Waals surface area contributed by atoms with Crippen LogP contribution in [0.25, 0.3) is 0 Å². The van der Waals surface area contributed by atoms with Gasteiger partial charge in [-0.1, -0.05) is 0 Å². The van der Waals surface area contributed by atoms with Crippen molar-refractivity contribution in [2.24, 2.45) is 5.92 Å². The summed E-state index contributed by atoms with van der Waals surface area (Å²) in [6, 6.07) is 1.96. The van der Waals surface area contributed by atoms with E-state index in [2.05, 4.69) is 20.9 Å². The van der Waals surface area contributed by atoms with E-state index in [0.717, 1.165) is 10.0 Å². The fourth-order valence-electron chi connectivity index (χ4n) is 1.70. The van der Waals surface area contributed by atoms with Gasteiger partial charge in [0, 0.05) is 42.4 Å². The van der Waals surface area contributed by atoms with Gasteiger partial charge in [-0.05, 0) is 27.6 Å². The maximum absolute atomic E-state index is 12.2. The lowest BCUT2D eigenvalue weighted by molar-refractivity contribution is -0.0279. The smallest absolute Gasteiger partial charge is 0.243 e. The molecule has 2 nitrogen and oxygen atoms in total. The van der Waals surface area contributed by atoms with Gasteiger partial charge in [0.05, 0.1) is 0 Å². The minimum atomic E-state index is -2.18. The highest BCUT2D eigenvalue weighted by atomic mass is 79.9. The summed E-state index contributed by atoms with van der Waals surface area (Å²) in [6.45, 7) is 1.68. The molecule has 15 heavy (non-hydrogen) atoms. The molecule has 0 N–H and O–H groups in total. The van der Waals surface area contributed by atoms with E-state index in [0.29, 0.717) is 19.6 Å². The first-order valence-corrected chi connectivity index (χ1v) is 5.54. The standard InChI is InChI=1S/C10H11BrF2N2/c11-9-1-7(2-14-3-9)4-15-5-8(6-15)10(12)13/h1-3,8,10H,4-6H2. The van der Waals surface area contributed by atoms with Crippen LogP contribution in [0.3, 0.4) is 0 Å². The number of hydrogen-bond donors (Lipinski definition) is 0. The van der Waals surface area contributed by atoms with E-state index in [-0.39, 0.29) is 0 Å². The molecule has 0 amide bonds. The molecule has 0 saturated carbocycles. The molecule has 5 heteroatoms. The minimum absolute atomic E-state index is 0.440. The molecule has 0 atom stereocenters. The Morgan fingerprint density at radius 3 is 2.80 bits per heavy atom. The normalized spacial score (nSPS) is 18.1. The van der Waals surface area contributed by atoms with E-state index < -0.39 is 12.3 Å². The highest BCUT2D eigenvalue weighted by Crippen LogP contribution is 2.24. The molecule has 0 aromatic carbocycles. The lowest BCUT2D eigenvalue weighted by Crippen LogP contribution is -2.49. The van der Waals surface area contributed by atoms with E-state index in [9.17, 15) is 8.78 Å². The van der Waals surface area contributed by atoms with Gasteiger partial charge >= 0.3 is 0 Å². The Labute approximate surface area is 95.4 Å². The van der Waals surface area contributed by atoms with Gasteiger partial charge in [0.2, 0.25) is 6.43 Å². The predicted molar refractivity (Wildman–Crippen MR) is 56.7 cm³/mol. The van der Waals surface area contributed by atoms with E-state index in [1.54, 1.807) is 12.4 Å². The number of rotatable bonds is 3. The molecule has 82 valence electrons. The quantitative estimate of drug-likeness (QED) is 0.844. The van der Waals surface area contributed by atoms with Gasteiger partial charge in [0.1, 0.15) is 0 Å². The first-order chi connectivity index (χ1) is 7.15. The maximum atomic E-state index is 12.2. The highest BCUT2D eigenvalue weighted by molar-refractivity contribution is 9.10. The average Bonchev–Trinajstić information content (AvgIpc) is 2.10. The molecule has 0 bridgehead atoms. The van der Waals surface area contributed by atoms with Crippen molar-refractivity contribution in [3.63, 3.8) is 0 Å². The summed E-state index contributed by atoms with van der Waals surface area (Å²) in [5.41, 5.74) is 1.05. The van der Waals surface area contributed by atoms with Gasteiger partial charge in [-0.2, -0.15) is 0 Å². The monoisotopic (exact) mass is 276 g/mol. The molecule has 1 saturated heterocycles. The highest BCUT2D eigenvalue weighted by Gasteiger charge is 2.33. The minimum Gasteiger partial charge on any atom is -0.298 e. The summed E-state index contributed by atoms with van der Waals surface area (Å²) in [5, 5.41) is 0. The third-order valence-electron chi connectivity index (χ3n) is 2.51. The number of pyridine rings is 1. The second-order valence-corrected chi connectivity index (χ2v) is 4.72. The van der Waals surface area contributed by atoms with Crippen LogP contribution >= 0.6 is 15.9 Å². The summed E-state index contributed by atoms with van der Waals surface area (Å²) in [7, 11) is 0. The van der Waals surface area contributed by atoms with Crippen LogP contribution in [0, 0.1) is 5.92 Å². The zero-order valence-electron chi connectivity index (χ0n) is 8.04. The van der Waals surface area contributed by atoms with Crippen LogP contribution in [-0.4, -0.2) is 29.4 Å². The number of alkyl halides is 2. The zero-order valence-corrected chi connectivity index (χ0v) is 9.62. The van der Waals surface area contributed by atoms with Crippen molar-refractivity contribution in [3.05, 3.63) is 28.5 Å². The molecule has 0 spiro atoms. The van der Waals surface area contributed by atoms with Crippen molar-refractivity contribution in [2.45, 2.75) is 13.0 Å². The molecule has 0 radical (unpaired) electrons. The number of hydrogen-bond acceptors (Lipinski definition) is 2. The molecular formula is C10H11BrF2N2. The SMILES string of the molecule is FC(F)C1CN(Cc2cncc(Br)c2)C1. The van der Waals surface area contributed by atoms with E-state index in [4.69, 9.17) is 0 Å². The topological polar surface area (TPSA) is 16.1 Å². The van der Waals surface area contributed by atoms with Crippen molar-refractivity contribution in [3.8, 4) is 0 Å². The maximum Gasteiger partial charge on any atom is 0.243 e. The van der Waals surface area contributed by atoms with Crippen LogP contribution in [0.5, 0.6) is 0 Å². The third kappa shape index (κ3) is 2.72. The Balaban J connectivity index is 1.85. The van der Waals surface area contributed by atoms with Gasteiger partial charge < -0.3 is 0 Å². The van der Waals surface area contributed by atoms with E-state index in [1.165, 1.54) is 0 Å². The lowest BCUT2D eigenvalue weighted by Gasteiger charge is -2.38. The summed E-state index contributed by atoms with van der Waals surface area (Å²) >= 11 is 3.33. The molecule has 1 aromatic rings. The van der Waals surface area contributed by atoms with Crippen molar-refractivity contribution >= 4 is 15.9 Å². The van der Waals surface area contributed by atoms with Crippen LogP contribution in [0.15, 0.2) is 22.9 Å². The predicted octanol–water partition coefficient (Wildman–Crippen LogP) is 2.54. The van der Waals surface area contributed by atoms with Gasteiger partial charge in [-0.25, -0.2) is 8.78 Å². The van der Waals surface area contributed by atoms with Gasteiger partial charge in [0.25, 0.3) is 0 Å². The first kappa shape index (κ1) is 11.0. The molecule has 1 aromatic heterocycles. The van der Waals surface area contributed by atoms with Gasteiger partial charge in [0.15, 0.2) is 0 Å². The number of halogens is 3. The van der Waals surface area contributed by atoms with Crippen LogP contribution in [-0.2, 0) is 6.54 Å². The molecular weight excluding hydrogens is 266 g/mol. The summed E-state index contributed by atoms with van der Waals surface area (Å²) in [4.78, 5) is 6.03. The summed E-state index contributed by atoms with van der Waals surface area (Å²) < 4.78 is 25.3. The molecule has 1 fully saturated rings. The number of nitrogens with zero attached hydrogens (tertiary/aromatic N) is 2. The molecule has 1 aliphatic rings. The second kappa shape index (κ2) is 4.53. The molecule has 0 aliphatic carbocycles. The Hall–Kier alpha value is -0.550. The Morgan fingerprint density at radius 2 is 2.20 bits per heavy atom. The Bertz CT molecular complexity index is 340. The Morgan fingerprint density at radius 1 is 1.47 bits per heavy atom. The van der Waals surface area contributed by atoms with Crippen LogP contribution < -0.4 is 0 Å². The van der Waals surface area contributed by atoms with Gasteiger partial charge in [-0.15, -0.1) is 0 Å². The zero-order chi connectivity index (χ0) is 10.8. The van der Waals surface area contributed by atoms with Crippen molar-refractivity contribution in [1.29, 1.82) is 0 Å². The van der Waals surface area contributed by atoms with E-state index in [1.807, 2.05) is 11.0 Å². The number of likely N-dealkylation sites (tertiary alicyclic amines) is 1. The van der Waals surface area contributed by atoms with E-state index >= 15 is 0 Å². The molecule has 2 rings (SSSR count). The van der Waals surface area contributed by atoms with Crippen LogP contribution in [0.4, 0.5) is 8.78 Å². The Kier molecular flexibility index (Phi) is 3.31. The molecule has 1 aliphatic heterocycles. The van der Waals surface area contributed by atoms with Gasteiger partial charge in [-0.3, -0.25) is 9.88 Å². The van der Waals surface area contributed by atoms with Crippen molar-refractivity contribution in [1.82, 2.24) is 9.88 Å². The van der Waals surface area contributed by atoms with Crippen LogP contribution in [0.1, 0.15) is 5.56 Å². The summed E-state index contributed by atoms with van der Waals surface area (Å²) in [5.74, 6) is -0.440. The second-order valence-electron chi connectivity index (χ2n) is 3.80. The molecule has 0 unspecified atom stereocenters. The average molecular weight is 277 g/mol. The fourth-order valence-corrected chi connectivity index (χ4v) is 2.11. The molecule has 2 heterocycles. The van der Waals surface area contributed by atoms with Crippen molar-refractivity contribution < 1.29 is 8.78 Å². The van der Waals surface area contributed by atoms with Crippen molar-refractivity contribution in [2.75, 3.05) is 13.1 Å². The number of aromatic nitrogens is 1. The lowest BCUT2D eigenvalue weighted by atomic mass is 10.0. The van der Waals surface area contributed by atoms with Crippen LogP contribution in [0.2, 0.25) is 0 Å². The largest absolute Gasteiger partial charge is 0.298 e. The fraction of sp³-hybridized carbons (Fsp3) is 0.500.